The maximum atomic E-state index is 11.6. The largest absolute Gasteiger partial charge is 0.383 e. The second-order valence-electron chi connectivity index (χ2n) is 5.48. The van der Waals surface area contributed by atoms with E-state index in [-0.39, 0.29) is 18.6 Å². The molecule has 19 heavy (non-hydrogen) atoms. The van der Waals surface area contributed by atoms with Crippen LogP contribution < -0.4 is 11.1 Å². The Balaban J connectivity index is 2.16. The summed E-state index contributed by atoms with van der Waals surface area (Å²) in [6, 6.07) is 0.0209. The summed E-state index contributed by atoms with van der Waals surface area (Å²) in [6.07, 6.45) is 4.89. The molecule has 1 aliphatic rings. The van der Waals surface area contributed by atoms with E-state index in [1.807, 2.05) is 6.92 Å². The molecule has 1 saturated carbocycles. The minimum Gasteiger partial charge on any atom is -0.383 e. The van der Waals surface area contributed by atoms with Crippen LogP contribution >= 0.6 is 0 Å². The predicted octanol–water partition coefficient (Wildman–Crippen LogP) is 0.919. The lowest BCUT2D eigenvalue weighted by molar-refractivity contribution is -0.127. The summed E-state index contributed by atoms with van der Waals surface area (Å²) < 4.78 is 10.5. The van der Waals surface area contributed by atoms with Crippen molar-refractivity contribution in [2.24, 2.45) is 17.6 Å². The van der Waals surface area contributed by atoms with Crippen LogP contribution in [0.25, 0.3) is 0 Å². The molecule has 5 heteroatoms. The first-order valence-corrected chi connectivity index (χ1v) is 7.23. The molecule has 0 heterocycles. The SMILES string of the molecule is COCC(C)NC(=O)COCC1CCCCC1CN. The van der Waals surface area contributed by atoms with Gasteiger partial charge >= 0.3 is 0 Å². The second kappa shape index (κ2) is 9.28. The first-order valence-electron chi connectivity index (χ1n) is 7.23. The van der Waals surface area contributed by atoms with Gasteiger partial charge in [0, 0.05) is 13.2 Å². The number of hydrogen-bond acceptors (Lipinski definition) is 4. The van der Waals surface area contributed by atoms with Crippen molar-refractivity contribution in [3.63, 3.8) is 0 Å². The quantitative estimate of drug-likeness (QED) is 0.689. The van der Waals surface area contributed by atoms with Gasteiger partial charge in [0.2, 0.25) is 5.91 Å². The van der Waals surface area contributed by atoms with Gasteiger partial charge in [-0.25, -0.2) is 0 Å². The highest BCUT2D eigenvalue weighted by atomic mass is 16.5. The Morgan fingerprint density at radius 2 is 2.05 bits per heavy atom. The number of nitrogens with two attached hydrogens (primary N) is 1. The van der Waals surface area contributed by atoms with Crippen molar-refractivity contribution in [1.29, 1.82) is 0 Å². The van der Waals surface area contributed by atoms with Gasteiger partial charge in [0.25, 0.3) is 0 Å². The molecule has 0 bridgehead atoms. The monoisotopic (exact) mass is 272 g/mol. The van der Waals surface area contributed by atoms with Crippen molar-refractivity contribution >= 4 is 5.91 Å². The fraction of sp³-hybridized carbons (Fsp3) is 0.929. The van der Waals surface area contributed by atoms with Crippen molar-refractivity contribution in [2.45, 2.75) is 38.6 Å². The number of carbonyl (C=O) groups is 1. The molecule has 1 fully saturated rings. The summed E-state index contributed by atoms with van der Waals surface area (Å²) >= 11 is 0. The summed E-state index contributed by atoms with van der Waals surface area (Å²) in [5.74, 6) is 0.997. The molecule has 1 rings (SSSR count). The zero-order valence-corrected chi connectivity index (χ0v) is 12.2. The topological polar surface area (TPSA) is 73.6 Å². The van der Waals surface area contributed by atoms with E-state index in [0.717, 1.165) is 6.54 Å². The predicted molar refractivity (Wildman–Crippen MR) is 74.8 cm³/mol. The van der Waals surface area contributed by atoms with Gasteiger partial charge in [0.1, 0.15) is 6.61 Å². The minimum atomic E-state index is -0.0790. The van der Waals surface area contributed by atoms with E-state index in [2.05, 4.69) is 5.32 Å². The van der Waals surface area contributed by atoms with Gasteiger partial charge in [-0.05, 0) is 38.1 Å². The van der Waals surface area contributed by atoms with Gasteiger partial charge in [0.15, 0.2) is 0 Å². The van der Waals surface area contributed by atoms with Crippen LogP contribution in [0.3, 0.4) is 0 Å². The van der Waals surface area contributed by atoms with E-state index in [0.29, 0.717) is 25.0 Å². The molecule has 0 aliphatic heterocycles. The molecule has 1 amide bonds. The summed E-state index contributed by atoms with van der Waals surface area (Å²) in [6.45, 7) is 3.93. The fourth-order valence-corrected chi connectivity index (χ4v) is 2.73. The lowest BCUT2D eigenvalue weighted by Gasteiger charge is -2.30. The average Bonchev–Trinajstić information content (AvgIpc) is 2.39. The second-order valence-corrected chi connectivity index (χ2v) is 5.48. The summed E-state index contributed by atoms with van der Waals surface area (Å²) in [4.78, 5) is 11.6. The third kappa shape index (κ3) is 6.36. The molecule has 0 saturated heterocycles. The van der Waals surface area contributed by atoms with E-state index < -0.39 is 0 Å². The van der Waals surface area contributed by atoms with Crippen molar-refractivity contribution in [2.75, 3.05) is 33.5 Å². The summed E-state index contributed by atoms with van der Waals surface area (Å²) in [5.41, 5.74) is 5.78. The zero-order valence-electron chi connectivity index (χ0n) is 12.2. The number of rotatable bonds is 8. The first-order chi connectivity index (χ1) is 9.17. The Morgan fingerprint density at radius 3 is 2.68 bits per heavy atom. The molecule has 3 atom stereocenters. The number of methoxy groups -OCH3 is 1. The highest BCUT2D eigenvalue weighted by Crippen LogP contribution is 2.29. The number of hydrogen-bond donors (Lipinski definition) is 2. The number of ether oxygens (including phenoxy) is 2. The third-order valence-corrected chi connectivity index (χ3v) is 3.76. The first kappa shape index (κ1) is 16.4. The van der Waals surface area contributed by atoms with E-state index >= 15 is 0 Å². The lowest BCUT2D eigenvalue weighted by Crippen LogP contribution is -2.38. The van der Waals surface area contributed by atoms with E-state index in [1.165, 1.54) is 25.7 Å². The smallest absolute Gasteiger partial charge is 0.246 e. The Labute approximate surface area is 116 Å². The Kier molecular flexibility index (Phi) is 8.02. The van der Waals surface area contributed by atoms with Crippen LogP contribution in [-0.2, 0) is 14.3 Å². The molecule has 0 spiro atoms. The molecule has 5 nitrogen and oxygen atoms in total. The van der Waals surface area contributed by atoms with Crippen LogP contribution in [0.1, 0.15) is 32.6 Å². The number of amides is 1. The maximum Gasteiger partial charge on any atom is 0.246 e. The average molecular weight is 272 g/mol. The molecule has 3 unspecified atom stereocenters. The molecule has 0 aromatic carbocycles. The van der Waals surface area contributed by atoms with Gasteiger partial charge in [-0.3, -0.25) is 4.79 Å². The highest BCUT2D eigenvalue weighted by molar-refractivity contribution is 5.77. The van der Waals surface area contributed by atoms with Crippen molar-refractivity contribution in [1.82, 2.24) is 5.32 Å². The van der Waals surface area contributed by atoms with E-state index in [1.54, 1.807) is 7.11 Å². The Morgan fingerprint density at radius 1 is 1.37 bits per heavy atom. The standard InChI is InChI=1S/C14H28N2O3/c1-11(8-18-2)16-14(17)10-19-9-13-6-4-3-5-12(13)7-15/h11-13H,3-10,15H2,1-2H3,(H,16,17). The summed E-state index contributed by atoms with van der Waals surface area (Å²) in [7, 11) is 1.62. The normalized spacial score (nSPS) is 25.0. The van der Waals surface area contributed by atoms with Crippen molar-refractivity contribution in [3.05, 3.63) is 0 Å². The molecular weight excluding hydrogens is 244 g/mol. The van der Waals surface area contributed by atoms with E-state index in [4.69, 9.17) is 15.2 Å². The highest BCUT2D eigenvalue weighted by Gasteiger charge is 2.24. The summed E-state index contributed by atoms with van der Waals surface area (Å²) in [5, 5.41) is 2.83. The maximum absolute atomic E-state index is 11.6. The van der Waals surface area contributed by atoms with Crippen LogP contribution in [-0.4, -0.2) is 45.4 Å². The molecule has 0 aromatic heterocycles. The van der Waals surface area contributed by atoms with Gasteiger partial charge in [-0.15, -0.1) is 0 Å². The number of carbonyl (C=O) groups excluding carboxylic acids is 1. The Bertz CT molecular complexity index is 261. The van der Waals surface area contributed by atoms with Crippen molar-refractivity contribution < 1.29 is 14.3 Å². The van der Waals surface area contributed by atoms with Crippen molar-refractivity contribution in [3.8, 4) is 0 Å². The molecule has 112 valence electrons. The van der Waals surface area contributed by atoms with Crippen LogP contribution in [0.4, 0.5) is 0 Å². The zero-order chi connectivity index (χ0) is 14.1. The third-order valence-electron chi connectivity index (χ3n) is 3.76. The molecule has 0 aromatic rings. The molecule has 0 radical (unpaired) electrons. The molecule has 1 aliphatic carbocycles. The number of nitrogens with one attached hydrogen (secondary N) is 1. The minimum absolute atomic E-state index is 0.0209. The van der Waals surface area contributed by atoms with Crippen LogP contribution in [0.15, 0.2) is 0 Å². The lowest BCUT2D eigenvalue weighted by atomic mass is 9.80. The van der Waals surface area contributed by atoms with Crippen LogP contribution in [0.5, 0.6) is 0 Å². The van der Waals surface area contributed by atoms with Gasteiger partial charge in [-0.2, -0.15) is 0 Å². The van der Waals surface area contributed by atoms with Gasteiger partial charge < -0.3 is 20.5 Å². The van der Waals surface area contributed by atoms with Crippen LogP contribution in [0.2, 0.25) is 0 Å². The van der Waals surface area contributed by atoms with Gasteiger partial charge in [0.05, 0.1) is 13.2 Å². The fourth-order valence-electron chi connectivity index (χ4n) is 2.73. The van der Waals surface area contributed by atoms with E-state index in [9.17, 15) is 4.79 Å². The molecular formula is C14H28N2O3. The van der Waals surface area contributed by atoms with Crippen LogP contribution in [0, 0.1) is 11.8 Å². The molecule has 3 N–H and O–H groups in total. The van der Waals surface area contributed by atoms with Gasteiger partial charge in [-0.1, -0.05) is 12.8 Å². The Hall–Kier alpha value is -0.650.